The molecule has 5 heteroatoms. The number of aromatic nitrogens is 1. The molecule has 2 rings (SSSR count). The number of ether oxygens (including phenoxy) is 1. The van der Waals surface area contributed by atoms with Crippen molar-refractivity contribution >= 4 is 11.3 Å². The molecule has 0 spiro atoms. The Morgan fingerprint density at radius 1 is 1.45 bits per heavy atom. The molecule has 0 amide bonds. The first-order valence-electron chi connectivity index (χ1n) is 6.69. The lowest BCUT2D eigenvalue weighted by Gasteiger charge is -2.18. The van der Waals surface area contributed by atoms with Gasteiger partial charge in [0.2, 0.25) is 0 Å². The highest BCUT2D eigenvalue weighted by Crippen LogP contribution is 2.25. The quantitative estimate of drug-likeness (QED) is 0.847. The van der Waals surface area contributed by atoms with Gasteiger partial charge < -0.3 is 10.1 Å². The second-order valence-corrected chi connectivity index (χ2v) is 5.51. The lowest BCUT2D eigenvalue weighted by atomic mass is 10.0. The number of methoxy groups -OCH3 is 1. The summed E-state index contributed by atoms with van der Waals surface area (Å²) in [6.45, 7) is 3.04. The molecule has 1 aromatic carbocycles. The molecule has 1 unspecified atom stereocenters. The van der Waals surface area contributed by atoms with Gasteiger partial charge >= 0.3 is 0 Å². The normalized spacial score (nSPS) is 12.3. The molecule has 0 aliphatic carbocycles. The number of benzene rings is 1. The third-order valence-corrected chi connectivity index (χ3v) is 3.88. The fourth-order valence-corrected chi connectivity index (χ4v) is 2.71. The zero-order valence-electron chi connectivity index (χ0n) is 11.7. The minimum Gasteiger partial charge on any atom is -0.494 e. The summed E-state index contributed by atoms with van der Waals surface area (Å²) >= 11 is 1.64. The van der Waals surface area contributed by atoms with E-state index in [0.717, 1.165) is 30.0 Å². The van der Waals surface area contributed by atoms with E-state index in [0.29, 0.717) is 0 Å². The van der Waals surface area contributed by atoms with Crippen molar-refractivity contribution in [2.45, 2.75) is 25.8 Å². The third kappa shape index (κ3) is 3.77. The maximum atomic E-state index is 13.5. The summed E-state index contributed by atoms with van der Waals surface area (Å²) in [5.41, 5.74) is 1.02. The smallest absolute Gasteiger partial charge is 0.165 e. The molecule has 1 N–H and O–H groups in total. The van der Waals surface area contributed by atoms with Gasteiger partial charge in [0.15, 0.2) is 11.6 Å². The van der Waals surface area contributed by atoms with E-state index in [1.807, 2.05) is 11.6 Å². The van der Waals surface area contributed by atoms with E-state index in [1.165, 1.54) is 13.2 Å². The van der Waals surface area contributed by atoms with Gasteiger partial charge in [0, 0.05) is 24.0 Å². The maximum Gasteiger partial charge on any atom is 0.165 e. The van der Waals surface area contributed by atoms with Crippen LogP contribution in [0, 0.1) is 5.82 Å². The van der Waals surface area contributed by atoms with Crippen LogP contribution in [0.15, 0.2) is 29.8 Å². The molecule has 0 saturated carbocycles. The topological polar surface area (TPSA) is 34.2 Å². The average molecular weight is 294 g/mol. The van der Waals surface area contributed by atoms with Gasteiger partial charge in [-0.2, -0.15) is 0 Å². The van der Waals surface area contributed by atoms with Crippen molar-refractivity contribution in [1.82, 2.24) is 10.3 Å². The van der Waals surface area contributed by atoms with Crippen LogP contribution in [-0.2, 0) is 6.42 Å². The van der Waals surface area contributed by atoms with Crippen LogP contribution in [0.1, 0.15) is 30.0 Å². The van der Waals surface area contributed by atoms with Gasteiger partial charge in [-0.3, -0.25) is 0 Å². The van der Waals surface area contributed by atoms with Gasteiger partial charge in [0.1, 0.15) is 0 Å². The standard InChI is InChI=1S/C15H19FN2OS/c1-3-6-17-13(10-15-18-7-8-20-15)11-4-5-12(16)14(9-11)19-2/h4-5,7-9,13,17H,3,6,10H2,1-2H3. The molecular weight excluding hydrogens is 275 g/mol. The van der Waals surface area contributed by atoms with Gasteiger partial charge in [-0.05, 0) is 30.7 Å². The molecule has 0 radical (unpaired) electrons. The lowest BCUT2D eigenvalue weighted by molar-refractivity contribution is 0.384. The van der Waals surface area contributed by atoms with Crippen molar-refractivity contribution in [3.8, 4) is 5.75 Å². The molecule has 0 fully saturated rings. The summed E-state index contributed by atoms with van der Waals surface area (Å²) in [4.78, 5) is 4.32. The number of hydrogen-bond acceptors (Lipinski definition) is 4. The number of nitrogens with zero attached hydrogens (tertiary/aromatic N) is 1. The van der Waals surface area contributed by atoms with Crippen molar-refractivity contribution in [1.29, 1.82) is 0 Å². The number of thiazole rings is 1. The summed E-state index contributed by atoms with van der Waals surface area (Å²) in [6, 6.07) is 5.14. The van der Waals surface area contributed by atoms with Crippen LogP contribution in [0.5, 0.6) is 5.75 Å². The van der Waals surface area contributed by atoms with Crippen LogP contribution >= 0.6 is 11.3 Å². The van der Waals surface area contributed by atoms with Gasteiger partial charge in [-0.25, -0.2) is 9.37 Å². The number of halogens is 1. The SMILES string of the molecule is CCCNC(Cc1nccs1)c1ccc(F)c(OC)c1. The largest absolute Gasteiger partial charge is 0.494 e. The van der Waals surface area contributed by atoms with E-state index in [9.17, 15) is 4.39 Å². The van der Waals surface area contributed by atoms with Gasteiger partial charge in [-0.1, -0.05) is 13.0 Å². The first-order valence-corrected chi connectivity index (χ1v) is 7.57. The fourth-order valence-electron chi connectivity index (χ4n) is 2.05. The number of hydrogen-bond donors (Lipinski definition) is 1. The van der Waals surface area contributed by atoms with Crippen LogP contribution in [0.2, 0.25) is 0 Å². The van der Waals surface area contributed by atoms with Gasteiger partial charge in [0.25, 0.3) is 0 Å². The van der Waals surface area contributed by atoms with E-state index in [4.69, 9.17) is 4.74 Å². The molecule has 3 nitrogen and oxygen atoms in total. The van der Waals surface area contributed by atoms with E-state index >= 15 is 0 Å². The molecule has 1 aromatic heterocycles. The minimum absolute atomic E-state index is 0.121. The summed E-state index contributed by atoms with van der Waals surface area (Å²) in [5, 5.41) is 6.52. The van der Waals surface area contributed by atoms with Crippen molar-refractivity contribution in [2.24, 2.45) is 0 Å². The monoisotopic (exact) mass is 294 g/mol. The van der Waals surface area contributed by atoms with Crippen LogP contribution in [0.25, 0.3) is 0 Å². The summed E-state index contributed by atoms with van der Waals surface area (Å²) in [7, 11) is 1.48. The molecule has 2 aromatic rings. The first-order chi connectivity index (χ1) is 9.74. The molecule has 0 aliphatic rings. The Bertz CT molecular complexity index is 531. The van der Waals surface area contributed by atoms with Crippen LogP contribution < -0.4 is 10.1 Å². The molecule has 1 atom stereocenters. The van der Waals surface area contributed by atoms with E-state index < -0.39 is 0 Å². The second kappa shape index (κ2) is 7.36. The molecule has 1 heterocycles. The van der Waals surface area contributed by atoms with E-state index in [-0.39, 0.29) is 17.6 Å². The first kappa shape index (κ1) is 14.9. The molecular formula is C15H19FN2OS. The minimum atomic E-state index is -0.334. The predicted molar refractivity (Wildman–Crippen MR) is 79.8 cm³/mol. The Morgan fingerprint density at radius 2 is 2.30 bits per heavy atom. The Kier molecular flexibility index (Phi) is 5.49. The van der Waals surface area contributed by atoms with E-state index in [1.54, 1.807) is 23.5 Å². The zero-order chi connectivity index (χ0) is 14.4. The highest BCUT2D eigenvalue weighted by molar-refractivity contribution is 7.09. The van der Waals surface area contributed by atoms with Crippen LogP contribution in [0.4, 0.5) is 4.39 Å². The van der Waals surface area contributed by atoms with Crippen molar-refractivity contribution in [2.75, 3.05) is 13.7 Å². The number of nitrogens with one attached hydrogen (secondary N) is 1. The summed E-state index contributed by atoms with van der Waals surface area (Å²) < 4.78 is 18.6. The van der Waals surface area contributed by atoms with Crippen LogP contribution in [0.3, 0.4) is 0 Å². The third-order valence-electron chi connectivity index (χ3n) is 3.08. The molecule has 0 saturated heterocycles. The van der Waals surface area contributed by atoms with Crippen LogP contribution in [-0.4, -0.2) is 18.6 Å². The maximum absolute atomic E-state index is 13.5. The molecule has 108 valence electrons. The Labute approximate surface area is 122 Å². The van der Waals surface area contributed by atoms with Crippen molar-refractivity contribution in [3.05, 3.63) is 46.2 Å². The van der Waals surface area contributed by atoms with Gasteiger partial charge in [-0.15, -0.1) is 11.3 Å². The van der Waals surface area contributed by atoms with Crippen molar-refractivity contribution < 1.29 is 9.13 Å². The number of rotatable bonds is 7. The zero-order valence-corrected chi connectivity index (χ0v) is 12.5. The highest BCUT2D eigenvalue weighted by Gasteiger charge is 2.15. The fraction of sp³-hybridized carbons (Fsp3) is 0.400. The Hall–Kier alpha value is -1.46. The van der Waals surface area contributed by atoms with Crippen molar-refractivity contribution in [3.63, 3.8) is 0 Å². The Balaban J connectivity index is 2.20. The average Bonchev–Trinajstić information content (AvgIpc) is 2.97. The second-order valence-electron chi connectivity index (χ2n) is 4.53. The summed E-state index contributed by atoms with van der Waals surface area (Å²) in [6.07, 6.45) is 3.65. The molecule has 0 aliphatic heterocycles. The van der Waals surface area contributed by atoms with Gasteiger partial charge in [0.05, 0.1) is 12.1 Å². The summed E-state index contributed by atoms with van der Waals surface area (Å²) in [5.74, 6) is -0.0512. The highest BCUT2D eigenvalue weighted by atomic mass is 32.1. The predicted octanol–water partition coefficient (Wildman–Crippen LogP) is 3.57. The molecule has 20 heavy (non-hydrogen) atoms. The lowest BCUT2D eigenvalue weighted by Crippen LogP contribution is -2.24. The van der Waals surface area contributed by atoms with E-state index in [2.05, 4.69) is 17.2 Å². The Morgan fingerprint density at radius 3 is 2.95 bits per heavy atom. The molecule has 0 bridgehead atoms.